The first-order chi connectivity index (χ1) is 13.7. The van der Waals surface area contributed by atoms with Gasteiger partial charge < -0.3 is 0 Å². The fraction of sp³-hybridized carbons (Fsp3) is 0.292. The van der Waals surface area contributed by atoms with Crippen LogP contribution in [0.2, 0.25) is 0 Å². The van der Waals surface area contributed by atoms with Crippen LogP contribution in [0.5, 0.6) is 0 Å². The van der Waals surface area contributed by atoms with E-state index in [4.69, 9.17) is 0 Å². The van der Waals surface area contributed by atoms with Crippen molar-refractivity contribution < 1.29 is 13.2 Å². The van der Waals surface area contributed by atoms with E-state index in [0.717, 1.165) is 11.1 Å². The Balaban J connectivity index is 1.71. The first-order valence-corrected chi connectivity index (χ1v) is 12.2. The van der Waals surface area contributed by atoms with Crippen LogP contribution in [0.3, 0.4) is 0 Å². The Morgan fingerprint density at radius 3 is 2.24 bits per heavy atom. The molecule has 29 heavy (non-hydrogen) atoms. The molecule has 3 rings (SSSR count). The van der Waals surface area contributed by atoms with Crippen LogP contribution in [0.25, 0.3) is 10.4 Å². The summed E-state index contributed by atoms with van der Waals surface area (Å²) >= 11 is 1.72. The molecule has 0 unspecified atom stereocenters. The van der Waals surface area contributed by atoms with Crippen LogP contribution in [0.15, 0.2) is 53.9 Å². The maximum Gasteiger partial charge on any atom is 0.167 e. The highest BCUT2D eigenvalue weighted by atomic mass is 32.2. The van der Waals surface area contributed by atoms with Crippen LogP contribution in [0.1, 0.15) is 46.5 Å². The number of thiophene rings is 1. The van der Waals surface area contributed by atoms with E-state index in [1.54, 1.807) is 49.4 Å². The molecule has 0 aliphatic carbocycles. The molecule has 0 atom stereocenters. The smallest absolute Gasteiger partial charge is 0.167 e. The first-order valence-electron chi connectivity index (χ1n) is 9.64. The Morgan fingerprint density at radius 1 is 1.00 bits per heavy atom. The lowest BCUT2D eigenvalue weighted by molar-refractivity contribution is 0.0992. The second-order valence-electron chi connectivity index (χ2n) is 7.78. The molecule has 0 amide bonds. The molecule has 0 aliphatic rings. The Labute approximate surface area is 177 Å². The Morgan fingerprint density at radius 2 is 1.69 bits per heavy atom. The molecular formula is C24H26O3S2. The molecule has 0 spiro atoms. The molecule has 5 heteroatoms. The first kappa shape index (κ1) is 21.5. The number of sulfone groups is 1. The standard InChI is InChI=1S/C24H26O3S2/c1-16(2)29(26,27)15-19-5-7-20(8-6-19)23(25)13-21-9-10-22(12-18(21)4)24-11-17(3)14-28-24/h5-12,14,16H,13,15H2,1-4H3. The highest BCUT2D eigenvalue weighted by Gasteiger charge is 2.17. The molecular weight excluding hydrogens is 400 g/mol. The predicted octanol–water partition coefficient (Wildman–Crippen LogP) is 5.78. The molecule has 0 fully saturated rings. The number of Topliss-reactive ketones (excluding diaryl/α,β-unsaturated/α-hetero) is 1. The van der Waals surface area contributed by atoms with Gasteiger partial charge in [-0.25, -0.2) is 8.42 Å². The van der Waals surface area contributed by atoms with Gasteiger partial charge in [-0.2, -0.15) is 0 Å². The van der Waals surface area contributed by atoms with E-state index in [2.05, 4.69) is 30.5 Å². The normalized spacial score (nSPS) is 11.8. The number of hydrogen-bond donors (Lipinski definition) is 0. The van der Waals surface area contributed by atoms with Gasteiger partial charge in [-0.05, 0) is 67.0 Å². The molecule has 3 nitrogen and oxygen atoms in total. The third kappa shape index (κ3) is 5.22. The lowest BCUT2D eigenvalue weighted by Gasteiger charge is -2.09. The molecule has 0 saturated heterocycles. The van der Waals surface area contributed by atoms with E-state index in [0.29, 0.717) is 17.5 Å². The van der Waals surface area contributed by atoms with Gasteiger partial charge in [0.2, 0.25) is 0 Å². The van der Waals surface area contributed by atoms with Crippen molar-refractivity contribution in [2.24, 2.45) is 0 Å². The number of hydrogen-bond acceptors (Lipinski definition) is 4. The highest BCUT2D eigenvalue weighted by molar-refractivity contribution is 7.91. The molecule has 0 saturated carbocycles. The van der Waals surface area contributed by atoms with Gasteiger partial charge in [0, 0.05) is 16.9 Å². The lowest BCUT2D eigenvalue weighted by atomic mass is 9.97. The van der Waals surface area contributed by atoms with E-state index < -0.39 is 15.1 Å². The van der Waals surface area contributed by atoms with Crippen LogP contribution in [-0.2, 0) is 22.0 Å². The number of ketones is 1. The van der Waals surface area contributed by atoms with Crippen LogP contribution < -0.4 is 0 Å². The summed E-state index contributed by atoms with van der Waals surface area (Å²) < 4.78 is 24.1. The number of carbonyl (C=O) groups excluding carboxylic acids is 1. The lowest BCUT2D eigenvalue weighted by Crippen LogP contribution is -2.16. The Bertz CT molecular complexity index is 1120. The van der Waals surface area contributed by atoms with E-state index in [9.17, 15) is 13.2 Å². The third-order valence-corrected chi connectivity index (χ3v) is 8.34. The zero-order valence-electron chi connectivity index (χ0n) is 17.2. The molecule has 1 heterocycles. The van der Waals surface area contributed by atoms with Crippen molar-refractivity contribution >= 4 is 27.0 Å². The fourth-order valence-electron chi connectivity index (χ4n) is 3.09. The largest absolute Gasteiger partial charge is 0.294 e. The van der Waals surface area contributed by atoms with Crippen molar-refractivity contribution in [2.75, 3.05) is 0 Å². The summed E-state index contributed by atoms with van der Waals surface area (Å²) in [5, 5.41) is 1.73. The van der Waals surface area contributed by atoms with Crippen molar-refractivity contribution in [3.05, 3.63) is 81.7 Å². The van der Waals surface area contributed by atoms with Crippen molar-refractivity contribution in [2.45, 2.75) is 45.1 Å². The monoisotopic (exact) mass is 426 g/mol. The quantitative estimate of drug-likeness (QED) is 0.450. The summed E-state index contributed by atoms with van der Waals surface area (Å²) in [7, 11) is -3.15. The molecule has 0 N–H and O–H groups in total. The summed E-state index contributed by atoms with van der Waals surface area (Å²) in [4.78, 5) is 13.9. The number of benzene rings is 2. The summed E-state index contributed by atoms with van der Waals surface area (Å²) in [5.74, 6) is 0.0353. The Hall–Kier alpha value is -2.24. The highest BCUT2D eigenvalue weighted by Crippen LogP contribution is 2.29. The second-order valence-corrected chi connectivity index (χ2v) is 11.3. The van der Waals surface area contributed by atoms with Crippen LogP contribution in [0.4, 0.5) is 0 Å². The zero-order valence-corrected chi connectivity index (χ0v) is 18.9. The maximum atomic E-state index is 12.7. The third-order valence-electron chi connectivity index (χ3n) is 5.07. The average molecular weight is 427 g/mol. The van der Waals surface area contributed by atoms with Crippen LogP contribution in [-0.4, -0.2) is 19.5 Å². The maximum absolute atomic E-state index is 12.7. The minimum absolute atomic E-state index is 0.00189. The van der Waals surface area contributed by atoms with Gasteiger partial charge in [0.15, 0.2) is 15.6 Å². The molecule has 0 aliphatic heterocycles. The predicted molar refractivity (Wildman–Crippen MR) is 121 cm³/mol. The van der Waals surface area contributed by atoms with Crippen LogP contribution in [0, 0.1) is 13.8 Å². The van der Waals surface area contributed by atoms with Crippen molar-refractivity contribution in [1.82, 2.24) is 0 Å². The summed E-state index contributed by atoms with van der Waals surface area (Å²) in [6.45, 7) is 7.48. The topological polar surface area (TPSA) is 51.2 Å². The molecule has 0 bridgehead atoms. The molecule has 2 aromatic carbocycles. The average Bonchev–Trinajstić information content (AvgIpc) is 3.10. The summed E-state index contributed by atoms with van der Waals surface area (Å²) in [5.41, 5.74) is 5.86. The van der Waals surface area contributed by atoms with E-state index in [1.165, 1.54) is 16.0 Å². The van der Waals surface area contributed by atoms with E-state index >= 15 is 0 Å². The van der Waals surface area contributed by atoms with Crippen molar-refractivity contribution in [3.63, 3.8) is 0 Å². The van der Waals surface area contributed by atoms with Gasteiger partial charge in [0.1, 0.15) is 0 Å². The molecule has 152 valence electrons. The zero-order chi connectivity index (χ0) is 21.2. The molecule has 3 aromatic rings. The minimum Gasteiger partial charge on any atom is -0.294 e. The van der Waals surface area contributed by atoms with Crippen molar-refractivity contribution in [3.8, 4) is 10.4 Å². The summed E-state index contributed by atoms with van der Waals surface area (Å²) in [6, 6.07) is 15.3. The fourth-order valence-corrected chi connectivity index (χ4v) is 4.98. The minimum atomic E-state index is -3.15. The van der Waals surface area contributed by atoms with Crippen LogP contribution >= 0.6 is 11.3 Å². The van der Waals surface area contributed by atoms with E-state index in [1.807, 2.05) is 13.0 Å². The second kappa shape index (κ2) is 8.64. The summed E-state index contributed by atoms with van der Waals surface area (Å²) in [6.07, 6.45) is 0.333. The van der Waals surface area contributed by atoms with Gasteiger partial charge in [0.25, 0.3) is 0 Å². The molecule has 0 radical (unpaired) electrons. The Kier molecular flexibility index (Phi) is 6.39. The molecule has 1 aromatic heterocycles. The van der Waals surface area contributed by atoms with Gasteiger partial charge in [-0.1, -0.05) is 42.5 Å². The van der Waals surface area contributed by atoms with Gasteiger partial charge >= 0.3 is 0 Å². The number of rotatable bonds is 7. The van der Waals surface area contributed by atoms with Gasteiger partial charge in [0.05, 0.1) is 11.0 Å². The number of carbonyl (C=O) groups is 1. The number of aryl methyl sites for hydroxylation is 2. The van der Waals surface area contributed by atoms with Crippen molar-refractivity contribution in [1.29, 1.82) is 0 Å². The van der Waals surface area contributed by atoms with E-state index in [-0.39, 0.29) is 11.5 Å². The van der Waals surface area contributed by atoms with Gasteiger partial charge in [-0.15, -0.1) is 11.3 Å². The van der Waals surface area contributed by atoms with Gasteiger partial charge in [-0.3, -0.25) is 4.79 Å². The SMILES string of the molecule is Cc1csc(-c2ccc(CC(=O)c3ccc(CS(=O)(=O)C(C)C)cc3)c(C)c2)c1.